The van der Waals surface area contributed by atoms with Crippen LogP contribution in [0.15, 0.2) is 48.6 Å². The summed E-state index contributed by atoms with van der Waals surface area (Å²) in [5.41, 5.74) is 1.93. The Bertz CT molecular complexity index is 948. The van der Waals surface area contributed by atoms with Gasteiger partial charge in [-0.15, -0.1) is 0 Å². The second-order valence-corrected chi connectivity index (χ2v) is 6.89. The van der Waals surface area contributed by atoms with Crippen molar-refractivity contribution in [2.45, 2.75) is 39.5 Å². The molecule has 4 rings (SSSR count). The summed E-state index contributed by atoms with van der Waals surface area (Å²) < 4.78 is 10.2. The molecule has 2 N–H and O–H groups in total. The molecule has 0 saturated heterocycles. The van der Waals surface area contributed by atoms with Gasteiger partial charge in [-0.2, -0.15) is 0 Å². The number of carbonyl (C=O) groups excluding carboxylic acids is 2. The fourth-order valence-corrected chi connectivity index (χ4v) is 3.19. The van der Waals surface area contributed by atoms with Crippen LogP contribution in [0.3, 0.4) is 0 Å². The summed E-state index contributed by atoms with van der Waals surface area (Å²) in [5.74, 6) is 0.159. The number of hydrogen-bond acceptors (Lipinski definition) is 6. The minimum Gasteiger partial charge on any atom is -0.507 e. The summed E-state index contributed by atoms with van der Waals surface area (Å²) in [6, 6.07) is 9.94. The Hall–Kier alpha value is -3.54. The lowest BCUT2D eigenvalue weighted by atomic mass is 10.1. The third kappa shape index (κ3) is 4.22. The summed E-state index contributed by atoms with van der Waals surface area (Å²) in [4.78, 5) is 22.9. The molecule has 2 aliphatic heterocycles. The highest BCUT2D eigenvalue weighted by Gasteiger charge is 2.29. The predicted octanol–water partition coefficient (Wildman–Crippen LogP) is 5.41. The van der Waals surface area contributed by atoms with Gasteiger partial charge in [0.05, 0.1) is 0 Å². The molecular formula is C24H24O6. The van der Waals surface area contributed by atoms with Crippen molar-refractivity contribution in [3.63, 3.8) is 0 Å². The van der Waals surface area contributed by atoms with E-state index in [1.54, 1.807) is 24.3 Å². The zero-order chi connectivity index (χ0) is 21.7. The highest BCUT2D eigenvalue weighted by molar-refractivity contribution is 6.05. The zero-order valence-corrected chi connectivity index (χ0v) is 17.0. The van der Waals surface area contributed by atoms with E-state index in [2.05, 4.69) is 13.8 Å². The van der Waals surface area contributed by atoms with E-state index >= 15 is 0 Å². The second kappa shape index (κ2) is 9.31. The molecule has 2 aromatic carbocycles. The Morgan fingerprint density at radius 1 is 0.733 bits per heavy atom. The third-order valence-corrected chi connectivity index (χ3v) is 4.67. The van der Waals surface area contributed by atoms with E-state index in [0.717, 1.165) is 25.7 Å². The Labute approximate surface area is 175 Å². The average molecular weight is 408 g/mol. The lowest BCUT2D eigenvalue weighted by Gasteiger charge is -1.97. The summed E-state index contributed by atoms with van der Waals surface area (Å²) in [6.07, 6.45) is 7.46. The van der Waals surface area contributed by atoms with E-state index < -0.39 is 11.9 Å². The molecular weight excluding hydrogens is 384 g/mol. The monoisotopic (exact) mass is 408 g/mol. The van der Waals surface area contributed by atoms with E-state index in [4.69, 9.17) is 9.47 Å². The van der Waals surface area contributed by atoms with Crippen molar-refractivity contribution in [1.29, 1.82) is 0 Å². The molecule has 0 bridgehead atoms. The SMILES string of the molecule is CCCC=C1OC(=O)c2c(O)cccc21.CCCC=C1OC(=O)c2c(O)cccc21. The van der Waals surface area contributed by atoms with E-state index in [1.807, 2.05) is 12.2 Å². The first-order chi connectivity index (χ1) is 14.5. The molecule has 156 valence electrons. The van der Waals surface area contributed by atoms with Crippen LogP contribution < -0.4 is 0 Å². The maximum absolute atomic E-state index is 11.4. The van der Waals surface area contributed by atoms with Crippen LogP contribution in [0.5, 0.6) is 11.5 Å². The fourth-order valence-electron chi connectivity index (χ4n) is 3.19. The number of hydrogen-bond donors (Lipinski definition) is 2. The van der Waals surface area contributed by atoms with Gasteiger partial charge in [0.1, 0.15) is 34.1 Å². The van der Waals surface area contributed by atoms with Gasteiger partial charge in [0.25, 0.3) is 0 Å². The molecule has 0 radical (unpaired) electrons. The summed E-state index contributed by atoms with van der Waals surface area (Å²) in [6.45, 7) is 4.11. The van der Waals surface area contributed by atoms with Crippen LogP contribution in [0, 0.1) is 0 Å². The topological polar surface area (TPSA) is 93.1 Å². The maximum Gasteiger partial charge on any atom is 0.348 e. The standard InChI is InChI=1S/2C12H12O3/c2*1-2-3-7-10-8-5-4-6-9(13)11(8)12(14)15-10/h2*4-7,13H,2-3H2,1H3. The van der Waals surface area contributed by atoms with Crippen molar-refractivity contribution in [3.05, 3.63) is 70.8 Å². The van der Waals surface area contributed by atoms with E-state index in [9.17, 15) is 19.8 Å². The Morgan fingerprint density at radius 3 is 1.50 bits per heavy atom. The number of carbonyl (C=O) groups is 2. The molecule has 2 heterocycles. The van der Waals surface area contributed by atoms with Crippen molar-refractivity contribution in [1.82, 2.24) is 0 Å². The Morgan fingerprint density at radius 2 is 1.13 bits per heavy atom. The molecule has 6 nitrogen and oxygen atoms in total. The summed E-state index contributed by atoms with van der Waals surface area (Å²) in [7, 11) is 0. The molecule has 0 atom stereocenters. The van der Waals surface area contributed by atoms with Crippen LogP contribution >= 0.6 is 0 Å². The third-order valence-electron chi connectivity index (χ3n) is 4.67. The van der Waals surface area contributed by atoms with E-state index in [1.165, 1.54) is 12.1 Å². The number of fused-ring (bicyclic) bond motifs is 2. The van der Waals surface area contributed by atoms with E-state index in [0.29, 0.717) is 22.6 Å². The fraction of sp³-hybridized carbons (Fsp3) is 0.250. The molecule has 0 fully saturated rings. The number of rotatable bonds is 4. The first-order valence-corrected chi connectivity index (χ1v) is 9.97. The minimum atomic E-state index is -0.467. The Kier molecular flexibility index (Phi) is 6.57. The molecule has 0 saturated carbocycles. The maximum atomic E-state index is 11.4. The number of phenolic OH excluding ortho intramolecular Hbond substituents is 2. The molecule has 2 aliphatic rings. The van der Waals surface area contributed by atoms with Crippen LogP contribution in [0.25, 0.3) is 11.5 Å². The lowest BCUT2D eigenvalue weighted by Crippen LogP contribution is -1.93. The van der Waals surface area contributed by atoms with Crippen LogP contribution in [-0.2, 0) is 9.47 Å². The molecule has 0 aliphatic carbocycles. The van der Waals surface area contributed by atoms with Gasteiger partial charge in [0.2, 0.25) is 0 Å². The first kappa shape index (κ1) is 21.2. The number of cyclic esters (lactones) is 2. The number of aromatic hydroxyl groups is 2. The number of esters is 2. The molecule has 30 heavy (non-hydrogen) atoms. The van der Waals surface area contributed by atoms with Crippen LogP contribution in [0.4, 0.5) is 0 Å². The summed E-state index contributed by atoms with van der Waals surface area (Å²) in [5, 5.41) is 19.0. The smallest absolute Gasteiger partial charge is 0.348 e. The minimum absolute atomic E-state index is 0.0163. The van der Waals surface area contributed by atoms with Gasteiger partial charge in [-0.3, -0.25) is 0 Å². The highest BCUT2D eigenvalue weighted by Crippen LogP contribution is 2.36. The zero-order valence-electron chi connectivity index (χ0n) is 17.0. The predicted molar refractivity (Wildman–Crippen MR) is 113 cm³/mol. The molecule has 0 aromatic heterocycles. The van der Waals surface area contributed by atoms with Crippen molar-refractivity contribution in [2.24, 2.45) is 0 Å². The molecule has 2 aromatic rings. The number of benzene rings is 2. The van der Waals surface area contributed by atoms with Crippen LogP contribution in [-0.4, -0.2) is 22.2 Å². The van der Waals surface area contributed by atoms with Gasteiger partial charge >= 0.3 is 11.9 Å². The molecule has 0 amide bonds. The van der Waals surface area contributed by atoms with Crippen molar-refractivity contribution >= 4 is 23.5 Å². The van der Waals surface area contributed by atoms with Gasteiger partial charge in [-0.25, -0.2) is 9.59 Å². The van der Waals surface area contributed by atoms with Crippen LogP contribution in [0.2, 0.25) is 0 Å². The van der Waals surface area contributed by atoms with E-state index in [-0.39, 0.29) is 22.6 Å². The number of ether oxygens (including phenoxy) is 2. The molecule has 6 heteroatoms. The molecule has 0 spiro atoms. The summed E-state index contributed by atoms with van der Waals surface area (Å²) >= 11 is 0. The lowest BCUT2D eigenvalue weighted by molar-refractivity contribution is 0.0702. The number of allylic oxidation sites excluding steroid dienone is 2. The number of phenols is 2. The van der Waals surface area contributed by atoms with Crippen molar-refractivity contribution in [3.8, 4) is 11.5 Å². The largest absolute Gasteiger partial charge is 0.507 e. The van der Waals surface area contributed by atoms with Gasteiger partial charge in [0.15, 0.2) is 0 Å². The first-order valence-electron chi connectivity index (χ1n) is 9.97. The second-order valence-electron chi connectivity index (χ2n) is 6.89. The molecule has 0 unspecified atom stereocenters. The van der Waals surface area contributed by atoms with Crippen molar-refractivity contribution in [2.75, 3.05) is 0 Å². The quantitative estimate of drug-likeness (QED) is 0.657. The van der Waals surface area contributed by atoms with Crippen LogP contribution in [0.1, 0.15) is 71.4 Å². The van der Waals surface area contributed by atoms with Gasteiger partial charge in [-0.05, 0) is 37.1 Å². The highest BCUT2D eigenvalue weighted by atomic mass is 16.5. The van der Waals surface area contributed by atoms with Crippen molar-refractivity contribution < 1.29 is 29.3 Å². The normalized spacial score (nSPS) is 16.6. The average Bonchev–Trinajstić information content (AvgIpc) is 3.23. The van der Waals surface area contributed by atoms with Gasteiger partial charge in [-0.1, -0.05) is 51.0 Å². The Balaban J connectivity index is 0.000000171. The van der Waals surface area contributed by atoms with Gasteiger partial charge in [0, 0.05) is 11.1 Å². The van der Waals surface area contributed by atoms with Gasteiger partial charge < -0.3 is 19.7 Å². The number of unbranched alkanes of at least 4 members (excludes halogenated alkanes) is 2.